The van der Waals surface area contributed by atoms with Crippen molar-refractivity contribution >= 4 is 5.97 Å². The Balaban J connectivity index is 0.000000250. The third kappa shape index (κ3) is 4.68. The number of aliphatic hydroxyl groups is 4. The van der Waals surface area contributed by atoms with Gasteiger partial charge < -0.3 is 36.2 Å². The van der Waals surface area contributed by atoms with Crippen LogP contribution in [0.25, 0.3) is 0 Å². The predicted molar refractivity (Wildman–Crippen MR) is 65.6 cm³/mol. The predicted octanol–water partition coefficient (Wildman–Crippen LogP) is -3.14. The van der Waals surface area contributed by atoms with E-state index in [4.69, 9.17) is 20.4 Å². The highest BCUT2D eigenvalue weighted by Gasteiger charge is 2.48. The maximum atomic E-state index is 10.5. The molecule has 0 radical (unpaired) electrons. The molecule has 0 aromatic heterocycles. The normalized spacial score (nSPS) is 39.1. The van der Waals surface area contributed by atoms with Crippen LogP contribution in [0.3, 0.4) is 0 Å². The van der Waals surface area contributed by atoms with Crippen LogP contribution < -0.4 is 10.6 Å². The Labute approximate surface area is 111 Å². The molecule has 0 aromatic rings. The molecule has 1 aliphatic carbocycles. The van der Waals surface area contributed by atoms with Crippen LogP contribution in [0.2, 0.25) is 0 Å². The van der Waals surface area contributed by atoms with Crippen LogP contribution in [0.4, 0.5) is 0 Å². The van der Waals surface area contributed by atoms with E-state index >= 15 is 0 Å². The molecule has 0 bridgehead atoms. The third-order valence-corrected chi connectivity index (χ3v) is 3.24. The van der Waals surface area contributed by atoms with E-state index in [9.17, 15) is 9.90 Å². The Kier molecular flexibility index (Phi) is 6.11. The smallest absolute Gasteiger partial charge is 0.335 e. The number of carboxylic acid groups (broad SMARTS) is 1. The molecule has 2 aliphatic rings. The first-order valence-electron chi connectivity index (χ1n) is 6.28. The van der Waals surface area contributed by atoms with E-state index in [1.807, 2.05) is 0 Å². The summed E-state index contributed by atoms with van der Waals surface area (Å²) < 4.78 is 0. The number of nitrogens with one attached hydrogen (secondary N) is 2. The summed E-state index contributed by atoms with van der Waals surface area (Å²) in [4.78, 5) is 10.5. The summed E-state index contributed by atoms with van der Waals surface area (Å²) in [6.45, 7) is 4.56. The molecule has 8 heteroatoms. The summed E-state index contributed by atoms with van der Waals surface area (Å²) in [6, 6.07) is 0. The second-order valence-electron chi connectivity index (χ2n) is 4.87. The molecule has 0 spiro atoms. The molecule has 1 saturated heterocycles. The van der Waals surface area contributed by atoms with E-state index in [1.54, 1.807) is 0 Å². The lowest BCUT2D eigenvalue weighted by atomic mass is 9.80. The first kappa shape index (κ1) is 16.3. The molecule has 2 rings (SSSR count). The summed E-state index contributed by atoms with van der Waals surface area (Å²) in [6.07, 6.45) is -5.16. The number of carbonyl (C=O) groups is 1. The van der Waals surface area contributed by atoms with Crippen LogP contribution >= 0.6 is 0 Å². The highest BCUT2D eigenvalue weighted by Crippen LogP contribution is 2.29. The van der Waals surface area contributed by atoms with Gasteiger partial charge in [-0.3, -0.25) is 0 Å². The van der Waals surface area contributed by atoms with Gasteiger partial charge in [0.1, 0.15) is 6.10 Å². The minimum Gasteiger partial charge on any atom is -0.479 e. The number of aliphatic carboxylic acids is 1. The summed E-state index contributed by atoms with van der Waals surface area (Å²) >= 11 is 0. The lowest BCUT2D eigenvalue weighted by Gasteiger charge is -2.37. The zero-order valence-corrected chi connectivity index (χ0v) is 10.6. The van der Waals surface area contributed by atoms with E-state index in [2.05, 4.69) is 10.6 Å². The Hall–Kier alpha value is -0.770. The van der Waals surface area contributed by atoms with Gasteiger partial charge in [0, 0.05) is 39.0 Å². The van der Waals surface area contributed by atoms with Gasteiger partial charge in [-0.2, -0.15) is 0 Å². The van der Waals surface area contributed by atoms with Gasteiger partial charge >= 0.3 is 5.97 Å². The molecule has 0 aromatic carbocycles. The maximum Gasteiger partial charge on any atom is 0.335 e. The van der Waals surface area contributed by atoms with E-state index < -0.39 is 42.7 Å². The Bertz CT molecular complexity index is 273. The monoisotopic (exact) mass is 278 g/mol. The summed E-state index contributed by atoms with van der Waals surface area (Å²) in [5.41, 5.74) is -2.14. The van der Waals surface area contributed by atoms with Gasteiger partial charge in [0.15, 0.2) is 5.60 Å². The summed E-state index contributed by atoms with van der Waals surface area (Å²) in [5, 5.41) is 51.6. The van der Waals surface area contributed by atoms with Gasteiger partial charge in [-0.1, -0.05) is 0 Å². The molecule has 1 aliphatic heterocycles. The number of rotatable bonds is 1. The van der Waals surface area contributed by atoms with Crippen molar-refractivity contribution in [1.29, 1.82) is 0 Å². The molecule has 2 unspecified atom stereocenters. The first-order chi connectivity index (χ1) is 8.87. The summed E-state index contributed by atoms with van der Waals surface area (Å²) in [5.74, 6) is -1.50. The highest BCUT2D eigenvalue weighted by molar-refractivity contribution is 5.77. The van der Waals surface area contributed by atoms with Crippen LogP contribution in [-0.2, 0) is 4.79 Å². The second-order valence-corrected chi connectivity index (χ2v) is 4.87. The van der Waals surface area contributed by atoms with Crippen molar-refractivity contribution in [3.8, 4) is 0 Å². The van der Waals surface area contributed by atoms with Gasteiger partial charge in [0.25, 0.3) is 0 Å². The fraction of sp³-hybridized carbons (Fsp3) is 0.909. The minimum atomic E-state index is -2.14. The number of hydrogen-bond acceptors (Lipinski definition) is 7. The van der Waals surface area contributed by atoms with Crippen molar-refractivity contribution < 1.29 is 30.3 Å². The minimum absolute atomic E-state index is 0.472. The Morgan fingerprint density at radius 1 is 0.947 bits per heavy atom. The quantitative estimate of drug-likeness (QED) is 0.267. The van der Waals surface area contributed by atoms with E-state index in [0.717, 1.165) is 26.2 Å². The molecule has 1 saturated carbocycles. The highest BCUT2D eigenvalue weighted by atomic mass is 16.4. The Morgan fingerprint density at radius 3 is 1.58 bits per heavy atom. The molecular formula is C11H22N2O6. The number of piperazine rings is 1. The van der Waals surface area contributed by atoms with Crippen molar-refractivity contribution in [3.63, 3.8) is 0 Å². The molecule has 19 heavy (non-hydrogen) atoms. The molecular weight excluding hydrogens is 256 g/mol. The zero-order valence-electron chi connectivity index (χ0n) is 10.6. The van der Waals surface area contributed by atoms with Crippen LogP contribution in [0, 0.1) is 0 Å². The number of carboxylic acids is 1. The van der Waals surface area contributed by atoms with E-state index in [0.29, 0.717) is 0 Å². The second kappa shape index (κ2) is 7.13. The zero-order chi connectivity index (χ0) is 14.5. The molecule has 1 heterocycles. The van der Waals surface area contributed by atoms with Gasteiger partial charge in [-0.25, -0.2) is 4.79 Å². The van der Waals surface area contributed by atoms with Crippen LogP contribution in [0.1, 0.15) is 12.8 Å². The summed E-state index contributed by atoms with van der Waals surface area (Å²) in [7, 11) is 0. The largest absolute Gasteiger partial charge is 0.479 e. The fourth-order valence-electron chi connectivity index (χ4n) is 2.05. The average molecular weight is 278 g/mol. The van der Waals surface area contributed by atoms with Gasteiger partial charge in [-0.15, -0.1) is 0 Å². The van der Waals surface area contributed by atoms with Gasteiger partial charge in [-0.05, 0) is 0 Å². The Morgan fingerprint density at radius 2 is 1.32 bits per heavy atom. The number of hydrogen-bond donors (Lipinski definition) is 7. The van der Waals surface area contributed by atoms with Crippen molar-refractivity contribution in [2.24, 2.45) is 0 Å². The standard InChI is InChI=1S/C7H12O6.C4H10N2/c8-3-1-7(13,6(11)12)2-4(9)5(3)10;1-2-6-4-3-5-1/h3-5,8-10,13H,1-2H2,(H,11,12);5-6H,1-4H2. The first-order valence-corrected chi connectivity index (χ1v) is 6.28. The average Bonchev–Trinajstić information content (AvgIpc) is 2.38. The van der Waals surface area contributed by atoms with Crippen LogP contribution in [-0.4, -0.2) is 81.6 Å². The molecule has 2 fully saturated rings. The topological polar surface area (TPSA) is 142 Å². The van der Waals surface area contributed by atoms with Crippen molar-refractivity contribution in [3.05, 3.63) is 0 Å². The van der Waals surface area contributed by atoms with E-state index in [1.165, 1.54) is 0 Å². The lowest BCUT2D eigenvalue weighted by Crippen LogP contribution is -2.56. The van der Waals surface area contributed by atoms with Crippen LogP contribution in [0.5, 0.6) is 0 Å². The maximum absolute atomic E-state index is 10.5. The van der Waals surface area contributed by atoms with Crippen LogP contribution in [0.15, 0.2) is 0 Å². The molecule has 0 amide bonds. The van der Waals surface area contributed by atoms with Gasteiger partial charge in [0.05, 0.1) is 12.2 Å². The number of aliphatic hydroxyl groups excluding tert-OH is 3. The molecule has 8 nitrogen and oxygen atoms in total. The molecule has 112 valence electrons. The SMILES string of the molecule is C1CNCCN1.O=C(O)C1(O)CC(O)C(O)C(O)C1. The lowest BCUT2D eigenvalue weighted by molar-refractivity contribution is -0.187. The van der Waals surface area contributed by atoms with Crippen molar-refractivity contribution in [1.82, 2.24) is 10.6 Å². The molecule has 2 atom stereocenters. The van der Waals surface area contributed by atoms with Gasteiger partial charge in [0.2, 0.25) is 0 Å². The third-order valence-electron chi connectivity index (χ3n) is 3.24. The fourth-order valence-corrected chi connectivity index (χ4v) is 2.05. The van der Waals surface area contributed by atoms with Crippen molar-refractivity contribution in [2.75, 3.05) is 26.2 Å². The van der Waals surface area contributed by atoms with Crippen molar-refractivity contribution in [2.45, 2.75) is 36.8 Å². The molecule has 7 N–H and O–H groups in total. The van der Waals surface area contributed by atoms with E-state index in [-0.39, 0.29) is 0 Å².